The summed E-state index contributed by atoms with van der Waals surface area (Å²) in [6.45, 7) is 3.24. The molecule has 2 heterocycles. The van der Waals surface area contributed by atoms with Crippen LogP contribution < -0.4 is 10.6 Å². The zero-order chi connectivity index (χ0) is 21.6. The van der Waals surface area contributed by atoms with Crippen molar-refractivity contribution in [3.8, 4) is 0 Å². The van der Waals surface area contributed by atoms with Crippen LogP contribution in [0.3, 0.4) is 0 Å². The second-order valence-electron chi connectivity index (χ2n) is 7.85. The fraction of sp³-hybridized carbons (Fsp3) is 0.375. The average Bonchev–Trinajstić information content (AvgIpc) is 3.43. The van der Waals surface area contributed by atoms with Crippen molar-refractivity contribution in [1.82, 2.24) is 20.2 Å². The predicted molar refractivity (Wildman–Crippen MR) is 118 cm³/mol. The van der Waals surface area contributed by atoms with Crippen molar-refractivity contribution < 1.29 is 14.3 Å². The molecule has 2 N–H and O–H groups in total. The first-order chi connectivity index (χ1) is 15.1. The molecule has 1 aliphatic heterocycles. The van der Waals surface area contributed by atoms with Crippen LogP contribution >= 0.6 is 0 Å². The number of nitrogens with zero attached hydrogens (tertiary/aromatic N) is 2. The molecule has 1 saturated heterocycles. The van der Waals surface area contributed by atoms with Crippen LogP contribution in [0, 0.1) is 0 Å². The Hall–Kier alpha value is -3.19. The molecule has 1 fully saturated rings. The Labute approximate surface area is 181 Å². The maximum Gasteiger partial charge on any atom is 0.249 e. The smallest absolute Gasteiger partial charge is 0.249 e. The molecular weight excluding hydrogens is 392 g/mol. The van der Waals surface area contributed by atoms with E-state index in [9.17, 15) is 9.59 Å². The third-order valence-corrected chi connectivity index (χ3v) is 5.58. The molecule has 0 saturated carbocycles. The number of aromatic nitrogens is 2. The highest BCUT2D eigenvalue weighted by molar-refractivity contribution is 5.82. The minimum absolute atomic E-state index is 0.0745. The fourth-order valence-electron chi connectivity index (χ4n) is 3.94. The van der Waals surface area contributed by atoms with Crippen molar-refractivity contribution in [2.24, 2.45) is 0 Å². The fourth-order valence-corrected chi connectivity index (χ4v) is 3.94. The molecule has 0 bridgehead atoms. The maximum atomic E-state index is 12.8. The second kappa shape index (κ2) is 9.75. The number of hydrogen-bond donors (Lipinski definition) is 2. The number of ether oxygens (including phenoxy) is 1. The Morgan fingerprint density at radius 1 is 1.16 bits per heavy atom. The first kappa shape index (κ1) is 21.1. The minimum Gasteiger partial charge on any atom is -0.368 e. The molecular formula is C24H28N4O3. The number of amides is 2. The molecule has 0 aliphatic carbocycles. The second-order valence-corrected chi connectivity index (χ2v) is 7.85. The Bertz CT molecular complexity index is 1040. The van der Waals surface area contributed by atoms with Crippen molar-refractivity contribution in [2.45, 2.75) is 44.9 Å². The lowest BCUT2D eigenvalue weighted by molar-refractivity contribution is -0.130. The number of rotatable bonds is 8. The molecule has 2 aromatic carbocycles. The van der Waals surface area contributed by atoms with Gasteiger partial charge >= 0.3 is 0 Å². The van der Waals surface area contributed by atoms with Gasteiger partial charge in [0.2, 0.25) is 11.8 Å². The van der Waals surface area contributed by atoms with Crippen LogP contribution in [0.25, 0.3) is 11.0 Å². The van der Waals surface area contributed by atoms with E-state index in [-0.39, 0.29) is 30.5 Å². The summed E-state index contributed by atoms with van der Waals surface area (Å²) in [5.74, 6) is 0.620. The van der Waals surface area contributed by atoms with Gasteiger partial charge in [0.25, 0.3) is 0 Å². The summed E-state index contributed by atoms with van der Waals surface area (Å²) >= 11 is 0. The number of para-hydroxylation sites is 2. The van der Waals surface area contributed by atoms with Crippen LogP contribution in [-0.2, 0) is 27.3 Å². The van der Waals surface area contributed by atoms with Crippen LogP contribution in [-0.4, -0.2) is 40.6 Å². The van der Waals surface area contributed by atoms with E-state index in [0.717, 1.165) is 35.3 Å². The van der Waals surface area contributed by atoms with Gasteiger partial charge in [0.1, 0.15) is 18.5 Å². The number of imidazole rings is 1. The number of fused-ring (bicyclic) bond motifs is 1. The van der Waals surface area contributed by atoms with Gasteiger partial charge < -0.3 is 19.9 Å². The van der Waals surface area contributed by atoms with Crippen LogP contribution in [0.15, 0.2) is 54.6 Å². The highest BCUT2D eigenvalue weighted by Gasteiger charge is 2.23. The first-order valence-electron chi connectivity index (χ1n) is 10.8. The monoisotopic (exact) mass is 420 g/mol. The molecule has 7 nitrogen and oxygen atoms in total. The maximum absolute atomic E-state index is 12.8. The van der Waals surface area contributed by atoms with Gasteiger partial charge in [-0.1, -0.05) is 42.5 Å². The van der Waals surface area contributed by atoms with Gasteiger partial charge in [-0.25, -0.2) is 4.98 Å². The van der Waals surface area contributed by atoms with E-state index in [1.807, 2.05) is 66.1 Å². The lowest BCUT2D eigenvalue weighted by Gasteiger charge is -2.16. The van der Waals surface area contributed by atoms with Crippen LogP contribution in [0.1, 0.15) is 37.2 Å². The Kier molecular flexibility index (Phi) is 6.62. The van der Waals surface area contributed by atoms with Gasteiger partial charge in [0.15, 0.2) is 0 Å². The summed E-state index contributed by atoms with van der Waals surface area (Å²) in [6.07, 6.45) is 1.88. The van der Waals surface area contributed by atoms with Crippen molar-refractivity contribution in [2.75, 3.05) is 13.2 Å². The van der Waals surface area contributed by atoms with Gasteiger partial charge in [-0.3, -0.25) is 9.59 Å². The minimum atomic E-state index is -0.343. The molecule has 31 heavy (non-hydrogen) atoms. The molecule has 3 aromatic rings. The highest BCUT2D eigenvalue weighted by atomic mass is 16.5. The highest BCUT2D eigenvalue weighted by Crippen LogP contribution is 2.17. The zero-order valence-corrected chi connectivity index (χ0v) is 17.7. The summed E-state index contributed by atoms with van der Waals surface area (Å²) in [4.78, 5) is 29.7. The topological polar surface area (TPSA) is 85.2 Å². The molecule has 0 spiro atoms. The molecule has 7 heteroatoms. The summed E-state index contributed by atoms with van der Waals surface area (Å²) < 4.78 is 7.36. The average molecular weight is 421 g/mol. The molecule has 1 aliphatic rings. The van der Waals surface area contributed by atoms with Gasteiger partial charge in [-0.15, -0.1) is 0 Å². The lowest BCUT2D eigenvalue weighted by Crippen LogP contribution is -2.36. The van der Waals surface area contributed by atoms with E-state index in [2.05, 4.69) is 10.6 Å². The molecule has 0 radical (unpaired) electrons. The number of hydrogen-bond acceptors (Lipinski definition) is 4. The number of benzene rings is 2. The third kappa shape index (κ3) is 5.11. The van der Waals surface area contributed by atoms with Crippen LogP contribution in [0.2, 0.25) is 0 Å². The quantitative estimate of drug-likeness (QED) is 0.587. The van der Waals surface area contributed by atoms with Crippen LogP contribution in [0.5, 0.6) is 0 Å². The van der Waals surface area contributed by atoms with Crippen molar-refractivity contribution >= 4 is 22.8 Å². The van der Waals surface area contributed by atoms with E-state index in [0.29, 0.717) is 19.6 Å². The molecule has 2 atom stereocenters. The number of nitrogens with one attached hydrogen (secondary N) is 2. The summed E-state index contributed by atoms with van der Waals surface area (Å²) in [7, 11) is 0. The first-order valence-corrected chi connectivity index (χ1v) is 10.8. The van der Waals surface area contributed by atoms with Crippen molar-refractivity contribution in [1.29, 1.82) is 0 Å². The van der Waals surface area contributed by atoms with Gasteiger partial charge in [0.05, 0.1) is 17.1 Å². The lowest BCUT2D eigenvalue weighted by atomic mass is 10.1. The molecule has 2 amide bonds. The zero-order valence-electron chi connectivity index (χ0n) is 17.7. The third-order valence-electron chi connectivity index (χ3n) is 5.58. The Balaban J connectivity index is 1.43. The number of carbonyl (C=O) groups is 2. The van der Waals surface area contributed by atoms with Gasteiger partial charge in [-0.05, 0) is 37.5 Å². The van der Waals surface area contributed by atoms with Crippen molar-refractivity contribution in [3.63, 3.8) is 0 Å². The predicted octanol–water partition coefficient (Wildman–Crippen LogP) is 2.75. The number of carbonyl (C=O) groups excluding carboxylic acids is 2. The normalized spacial score (nSPS) is 16.9. The van der Waals surface area contributed by atoms with Gasteiger partial charge in [0, 0.05) is 19.6 Å². The van der Waals surface area contributed by atoms with Crippen molar-refractivity contribution in [3.05, 3.63) is 66.0 Å². The summed E-state index contributed by atoms with van der Waals surface area (Å²) in [5.41, 5.74) is 2.81. The molecule has 1 aromatic heterocycles. The van der Waals surface area contributed by atoms with E-state index in [1.54, 1.807) is 0 Å². The molecule has 2 unspecified atom stereocenters. The Morgan fingerprint density at radius 2 is 1.94 bits per heavy atom. The van der Waals surface area contributed by atoms with Crippen LogP contribution in [0.4, 0.5) is 0 Å². The summed E-state index contributed by atoms with van der Waals surface area (Å²) in [5, 5.41) is 6.00. The Morgan fingerprint density at radius 3 is 2.71 bits per heavy atom. The largest absolute Gasteiger partial charge is 0.368 e. The summed E-state index contributed by atoms with van der Waals surface area (Å²) in [6, 6.07) is 17.6. The van der Waals surface area contributed by atoms with E-state index in [4.69, 9.17) is 9.72 Å². The SMILES string of the molecule is CC(NC(=O)Cn1c(CCNC(=O)C2CCCO2)nc2ccccc21)c1ccccc1. The van der Waals surface area contributed by atoms with E-state index >= 15 is 0 Å². The standard InChI is InChI=1S/C24H28N4O3/c1-17(18-8-3-2-4-9-18)26-23(29)16-28-20-11-6-5-10-19(20)27-22(28)13-14-25-24(30)21-12-7-15-31-21/h2-6,8-11,17,21H,7,12-16H2,1H3,(H,25,30)(H,26,29). The van der Waals surface area contributed by atoms with E-state index in [1.165, 1.54) is 0 Å². The molecule has 4 rings (SSSR count). The molecule has 162 valence electrons. The van der Waals surface area contributed by atoms with E-state index < -0.39 is 0 Å². The van der Waals surface area contributed by atoms with Gasteiger partial charge in [-0.2, -0.15) is 0 Å².